The zero-order valence-electron chi connectivity index (χ0n) is 18.7. The second-order valence-electron chi connectivity index (χ2n) is 8.14. The Morgan fingerprint density at radius 3 is 2.50 bits per heavy atom. The molecule has 2 N–H and O–H groups in total. The molecule has 2 atom stereocenters. The number of Topliss-reactive ketones (excluding diaryl/α,β-unsaturated/α-hetero) is 1. The molecule has 0 bridgehead atoms. The van der Waals surface area contributed by atoms with Gasteiger partial charge >= 0.3 is 0 Å². The van der Waals surface area contributed by atoms with E-state index in [0.717, 1.165) is 16.5 Å². The molecule has 1 unspecified atom stereocenters. The highest BCUT2D eigenvalue weighted by atomic mass is 16.1. The molecule has 164 valence electrons. The topological polar surface area (TPSA) is 108 Å². The molecule has 3 aromatic rings. The highest BCUT2D eigenvalue weighted by Crippen LogP contribution is 2.22. The van der Waals surface area contributed by atoms with Crippen molar-refractivity contribution >= 4 is 28.4 Å². The molecular weight excluding hydrogens is 402 g/mol. The second kappa shape index (κ2) is 10.0. The van der Waals surface area contributed by atoms with Gasteiger partial charge in [-0.2, -0.15) is 5.26 Å². The molecule has 7 nitrogen and oxygen atoms in total. The predicted molar refractivity (Wildman–Crippen MR) is 124 cm³/mol. The fraction of sp³-hybridized carbons (Fsp3) is 0.320. The van der Waals surface area contributed by atoms with Crippen molar-refractivity contribution in [2.24, 2.45) is 5.92 Å². The van der Waals surface area contributed by atoms with Crippen molar-refractivity contribution in [1.82, 2.24) is 15.3 Å². The lowest BCUT2D eigenvalue weighted by molar-refractivity contribution is -0.118. The number of hydrogen-bond donors (Lipinski definition) is 2. The van der Waals surface area contributed by atoms with Gasteiger partial charge in [-0.25, -0.2) is 9.97 Å². The van der Waals surface area contributed by atoms with Gasteiger partial charge in [0.15, 0.2) is 11.6 Å². The average molecular weight is 430 g/mol. The zero-order valence-corrected chi connectivity index (χ0v) is 18.7. The van der Waals surface area contributed by atoms with Crippen LogP contribution in [-0.4, -0.2) is 27.7 Å². The van der Waals surface area contributed by atoms with Gasteiger partial charge in [0.25, 0.3) is 5.91 Å². The molecule has 32 heavy (non-hydrogen) atoms. The van der Waals surface area contributed by atoms with Crippen molar-refractivity contribution in [3.8, 4) is 6.07 Å². The van der Waals surface area contributed by atoms with Crippen LogP contribution in [0.15, 0.2) is 48.5 Å². The number of hydrogen-bond acceptors (Lipinski definition) is 6. The van der Waals surface area contributed by atoms with Crippen molar-refractivity contribution in [2.45, 2.75) is 46.2 Å². The number of rotatable bonds is 8. The van der Waals surface area contributed by atoms with Crippen molar-refractivity contribution in [1.29, 1.82) is 5.26 Å². The molecule has 0 saturated heterocycles. The number of fused-ring (bicyclic) bond motifs is 1. The minimum absolute atomic E-state index is 0.0315. The second-order valence-corrected chi connectivity index (χ2v) is 8.14. The van der Waals surface area contributed by atoms with Gasteiger partial charge in [0.05, 0.1) is 30.1 Å². The Balaban J connectivity index is 1.84. The number of para-hydroxylation sites is 1. The monoisotopic (exact) mass is 429 g/mol. The van der Waals surface area contributed by atoms with Gasteiger partial charge in [-0.05, 0) is 49.6 Å². The summed E-state index contributed by atoms with van der Waals surface area (Å²) in [7, 11) is 0. The number of ketones is 1. The quantitative estimate of drug-likeness (QED) is 0.555. The first kappa shape index (κ1) is 22.9. The van der Waals surface area contributed by atoms with Gasteiger partial charge < -0.3 is 10.6 Å². The maximum absolute atomic E-state index is 12.7. The van der Waals surface area contributed by atoms with E-state index in [9.17, 15) is 9.59 Å². The number of nitrogens with one attached hydrogen (secondary N) is 2. The van der Waals surface area contributed by atoms with E-state index in [4.69, 9.17) is 5.26 Å². The Kier molecular flexibility index (Phi) is 7.16. The summed E-state index contributed by atoms with van der Waals surface area (Å²) < 4.78 is 0. The van der Waals surface area contributed by atoms with Crippen LogP contribution in [0.5, 0.6) is 0 Å². The third-order valence-corrected chi connectivity index (χ3v) is 5.30. The first-order valence-corrected chi connectivity index (χ1v) is 10.6. The van der Waals surface area contributed by atoms with Gasteiger partial charge in [0.1, 0.15) is 5.82 Å². The average Bonchev–Trinajstić information content (AvgIpc) is 2.79. The molecule has 0 aliphatic rings. The number of carbonyl (C=O) groups is 2. The maximum Gasteiger partial charge on any atom is 0.251 e. The molecule has 0 radical (unpaired) electrons. The minimum Gasteiger partial charge on any atom is -0.359 e. The highest BCUT2D eigenvalue weighted by Gasteiger charge is 2.20. The standard InChI is InChI=1S/C25H27N5O2/c1-15(2)23(17(4)31)30-24-20-10-5-6-11-21(20)28-22(29-24)14-27-25(32)19-9-7-8-18(12-19)16(3)13-26/h5-12,15-16,23H,14H2,1-4H3,(H,27,32)(H,28,29,30)/t16?,23-/m0/s1. The van der Waals surface area contributed by atoms with E-state index in [-0.39, 0.29) is 36.1 Å². The third-order valence-electron chi connectivity index (χ3n) is 5.30. The normalized spacial score (nSPS) is 12.8. The van der Waals surface area contributed by atoms with Crippen LogP contribution in [0.3, 0.4) is 0 Å². The van der Waals surface area contributed by atoms with Gasteiger partial charge in [0, 0.05) is 10.9 Å². The van der Waals surface area contributed by atoms with Crippen LogP contribution in [0.4, 0.5) is 5.82 Å². The van der Waals surface area contributed by atoms with E-state index in [1.54, 1.807) is 32.0 Å². The van der Waals surface area contributed by atoms with Crippen molar-refractivity contribution in [3.63, 3.8) is 0 Å². The summed E-state index contributed by atoms with van der Waals surface area (Å²) in [5.41, 5.74) is 1.99. The molecule has 0 fully saturated rings. The van der Waals surface area contributed by atoms with Crippen LogP contribution < -0.4 is 10.6 Å². The molecule has 1 heterocycles. The Bertz CT molecular complexity index is 1180. The predicted octanol–water partition coefficient (Wildman–Crippen LogP) is 4.21. The van der Waals surface area contributed by atoms with E-state index < -0.39 is 0 Å². The molecule has 1 amide bonds. The summed E-state index contributed by atoms with van der Waals surface area (Å²) in [6.07, 6.45) is 0. The first-order valence-electron chi connectivity index (χ1n) is 10.6. The third kappa shape index (κ3) is 5.27. The van der Waals surface area contributed by atoms with Crippen LogP contribution in [-0.2, 0) is 11.3 Å². The van der Waals surface area contributed by atoms with Crippen LogP contribution in [0.2, 0.25) is 0 Å². The van der Waals surface area contributed by atoms with Crippen LogP contribution in [0, 0.1) is 17.2 Å². The van der Waals surface area contributed by atoms with E-state index in [0.29, 0.717) is 17.2 Å². The number of nitriles is 1. The van der Waals surface area contributed by atoms with Gasteiger partial charge in [-0.1, -0.05) is 38.1 Å². The smallest absolute Gasteiger partial charge is 0.251 e. The largest absolute Gasteiger partial charge is 0.359 e. The minimum atomic E-state index is -0.374. The zero-order chi connectivity index (χ0) is 23.3. The fourth-order valence-electron chi connectivity index (χ4n) is 3.48. The van der Waals surface area contributed by atoms with Crippen molar-refractivity contribution in [3.05, 3.63) is 65.5 Å². The summed E-state index contributed by atoms with van der Waals surface area (Å²) in [5.74, 6) is 0.560. The van der Waals surface area contributed by atoms with Crippen molar-refractivity contribution < 1.29 is 9.59 Å². The molecule has 0 aliphatic carbocycles. The summed E-state index contributed by atoms with van der Waals surface area (Å²) in [4.78, 5) is 33.9. The Hall–Kier alpha value is -3.79. The van der Waals surface area contributed by atoms with Gasteiger partial charge in [-0.3, -0.25) is 9.59 Å². The number of benzene rings is 2. The Morgan fingerprint density at radius 2 is 1.81 bits per heavy atom. The summed E-state index contributed by atoms with van der Waals surface area (Å²) in [6.45, 7) is 7.43. The van der Waals surface area contributed by atoms with E-state index in [1.807, 2.05) is 44.2 Å². The SMILES string of the molecule is CC(=O)[C@@H](Nc1nc(CNC(=O)c2cccc(C(C)C#N)c2)nc2ccccc12)C(C)C. The van der Waals surface area contributed by atoms with Crippen LogP contribution in [0.25, 0.3) is 10.9 Å². The lowest BCUT2D eigenvalue weighted by Gasteiger charge is -2.21. The van der Waals surface area contributed by atoms with Gasteiger partial charge in [-0.15, -0.1) is 0 Å². The number of nitrogens with zero attached hydrogens (tertiary/aromatic N) is 3. The molecular formula is C25H27N5O2. The van der Waals surface area contributed by atoms with Crippen molar-refractivity contribution in [2.75, 3.05) is 5.32 Å². The van der Waals surface area contributed by atoms with E-state index in [1.165, 1.54) is 0 Å². The van der Waals surface area contributed by atoms with E-state index >= 15 is 0 Å². The number of anilines is 1. The summed E-state index contributed by atoms with van der Waals surface area (Å²) >= 11 is 0. The highest BCUT2D eigenvalue weighted by molar-refractivity contribution is 5.94. The molecule has 0 saturated carbocycles. The number of amides is 1. The molecule has 0 aliphatic heterocycles. The molecule has 0 spiro atoms. The maximum atomic E-state index is 12.7. The lowest BCUT2D eigenvalue weighted by atomic mass is 10.0. The molecule has 7 heteroatoms. The first-order chi connectivity index (χ1) is 15.3. The molecule has 3 rings (SSSR count). The fourth-order valence-corrected chi connectivity index (χ4v) is 3.48. The lowest BCUT2D eigenvalue weighted by Crippen LogP contribution is -2.33. The Labute approximate surface area is 187 Å². The summed E-state index contributed by atoms with van der Waals surface area (Å²) in [5, 5.41) is 16.0. The van der Waals surface area contributed by atoms with Gasteiger partial charge in [0.2, 0.25) is 0 Å². The number of carbonyl (C=O) groups excluding carboxylic acids is 2. The number of aromatic nitrogens is 2. The summed E-state index contributed by atoms with van der Waals surface area (Å²) in [6, 6.07) is 16.4. The van der Waals surface area contributed by atoms with Crippen LogP contribution in [0.1, 0.15) is 55.4 Å². The molecule has 1 aromatic heterocycles. The van der Waals surface area contributed by atoms with Crippen LogP contribution >= 0.6 is 0 Å². The van der Waals surface area contributed by atoms with E-state index in [2.05, 4.69) is 26.7 Å². The Morgan fingerprint density at radius 1 is 1.06 bits per heavy atom. The molecule has 2 aromatic carbocycles.